The Morgan fingerprint density at radius 1 is 1.16 bits per heavy atom. The van der Waals surface area contributed by atoms with Crippen molar-refractivity contribution in [3.8, 4) is 11.3 Å². The lowest BCUT2D eigenvalue weighted by Gasteiger charge is -2.30. The highest BCUT2D eigenvalue weighted by molar-refractivity contribution is 14.0. The molecule has 7 nitrogen and oxygen atoms in total. The SMILES string of the molecule is CCN(CC)C(CNC(=NC)N(C)Cc1ncc(-c2ccccc2)[nH]1)c1ccco1.I. The van der Waals surface area contributed by atoms with Crippen molar-refractivity contribution in [2.45, 2.75) is 26.4 Å². The molecular weight excluding hydrogens is 503 g/mol. The van der Waals surface area contributed by atoms with Crippen LogP contribution >= 0.6 is 24.0 Å². The topological polar surface area (TPSA) is 72.7 Å². The van der Waals surface area contributed by atoms with E-state index in [9.17, 15) is 0 Å². The maximum absolute atomic E-state index is 5.70. The molecule has 0 amide bonds. The van der Waals surface area contributed by atoms with Gasteiger partial charge in [0.1, 0.15) is 11.6 Å². The third-order valence-electron chi connectivity index (χ3n) is 5.25. The fourth-order valence-electron chi connectivity index (χ4n) is 3.63. The third kappa shape index (κ3) is 6.57. The molecule has 0 radical (unpaired) electrons. The van der Waals surface area contributed by atoms with Gasteiger partial charge in [-0.1, -0.05) is 44.2 Å². The molecule has 0 fully saturated rings. The Balaban J connectivity index is 0.00000341. The maximum atomic E-state index is 5.70. The fraction of sp³-hybridized carbons (Fsp3) is 0.391. The first-order valence-electron chi connectivity index (χ1n) is 10.4. The van der Waals surface area contributed by atoms with E-state index in [1.54, 1.807) is 13.3 Å². The average molecular weight is 536 g/mol. The van der Waals surface area contributed by atoms with Crippen molar-refractivity contribution in [2.75, 3.05) is 33.7 Å². The summed E-state index contributed by atoms with van der Waals surface area (Å²) in [5.41, 5.74) is 2.14. The Labute approximate surface area is 202 Å². The molecule has 0 aliphatic rings. The fourth-order valence-corrected chi connectivity index (χ4v) is 3.63. The zero-order valence-corrected chi connectivity index (χ0v) is 21.0. The Kier molecular flexibility index (Phi) is 10.1. The summed E-state index contributed by atoms with van der Waals surface area (Å²) in [6.07, 6.45) is 3.61. The normalized spacial score (nSPS) is 12.5. The molecule has 3 rings (SSSR count). The molecule has 2 aromatic heterocycles. The highest BCUT2D eigenvalue weighted by Gasteiger charge is 2.21. The number of likely N-dealkylation sites (N-methyl/N-ethyl adjacent to an activating group) is 1. The minimum absolute atomic E-state index is 0. The molecule has 0 aliphatic heterocycles. The molecule has 0 bridgehead atoms. The number of rotatable bonds is 9. The van der Waals surface area contributed by atoms with Crippen LogP contribution in [0.3, 0.4) is 0 Å². The van der Waals surface area contributed by atoms with Crippen molar-refractivity contribution in [1.29, 1.82) is 0 Å². The molecule has 31 heavy (non-hydrogen) atoms. The van der Waals surface area contributed by atoms with Crippen LogP contribution < -0.4 is 5.32 Å². The summed E-state index contributed by atoms with van der Waals surface area (Å²) in [7, 11) is 3.81. The van der Waals surface area contributed by atoms with Gasteiger partial charge in [0.25, 0.3) is 0 Å². The summed E-state index contributed by atoms with van der Waals surface area (Å²) in [6.45, 7) is 7.57. The molecule has 1 atom stereocenters. The monoisotopic (exact) mass is 536 g/mol. The van der Waals surface area contributed by atoms with Crippen LogP contribution in [0, 0.1) is 0 Å². The highest BCUT2D eigenvalue weighted by Crippen LogP contribution is 2.20. The van der Waals surface area contributed by atoms with Crippen LogP contribution in [0.15, 0.2) is 64.3 Å². The van der Waals surface area contributed by atoms with Gasteiger partial charge in [-0.15, -0.1) is 24.0 Å². The van der Waals surface area contributed by atoms with Gasteiger partial charge in [0.2, 0.25) is 0 Å². The van der Waals surface area contributed by atoms with Crippen LogP contribution in [0.2, 0.25) is 0 Å². The first-order chi connectivity index (χ1) is 14.7. The van der Waals surface area contributed by atoms with Crippen molar-refractivity contribution in [2.24, 2.45) is 4.99 Å². The predicted molar refractivity (Wildman–Crippen MR) is 137 cm³/mol. The lowest BCUT2D eigenvalue weighted by Crippen LogP contribution is -2.43. The number of H-pyrrole nitrogens is 1. The van der Waals surface area contributed by atoms with Crippen molar-refractivity contribution < 1.29 is 4.42 Å². The molecule has 0 spiro atoms. The first kappa shape index (κ1) is 24.9. The quantitative estimate of drug-likeness (QED) is 0.241. The van der Waals surface area contributed by atoms with Gasteiger partial charge in [0.15, 0.2) is 5.96 Å². The summed E-state index contributed by atoms with van der Waals surface area (Å²) in [5.74, 6) is 2.67. The van der Waals surface area contributed by atoms with Crippen molar-refractivity contribution >= 4 is 29.9 Å². The number of benzene rings is 1. The lowest BCUT2D eigenvalue weighted by molar-refractivity contribution is 0.192. The van der Waals surface area contributed by atoms with E-state index < -0.39 is 0 Å². The van der Waals surface area contributed by atoms with Crippen LogP contribution in [0.25, 0.3) is 11.3 Å². The van der Waals surface area contributed by atoms with Crippen LogP contribution in [0.1, 0.15) is 31.5 Å². The Bertz CT molecular complexity index is 905. The van der Waals surface area contributed by atoms with Gasteiger partial charge < -0.3 is 19.6 Å². The van der Waals surface area contributed by atoms with E-state index in [1.165, 1.54) is 0 Å². The number of halogens is 1. The van der Waals surface area contributed by atoms with Crippen LogP contribution in [-0.4, -0.2) is 59.5 Å². The second-order valence-corrected chi connectivity index (χ2v) is 7.15. The summed E-state index contributed by atoms with van der Waals surface area (Å²) in [6, 6.07) is 14.3. The van der Waals surface area contributed by atoms with Gasteiger partial charge in [-0.05, 0) is 30.8 Å². The van der Waals surface area contributed by atoms with E-state index in [4.69, 9.17) is 4.42 Å². The molecule has 0 saturated carbocycles. The highest BCUT2D eigenvalue weighted by atomic mass is 127. The number of furan rings is 1. The Morgan fingerprint density at radius 2 is 1.90 bits per heavy atom. The van der Waals surface area contributed by atoms with E-state index in [2.05, 4.69) is 56.1 Å². The van der Waals surface area contributed by atoms with Crippen LogP contribution in [0.5, 0.6) is 0 Å². The molecule has 2 heterocycles. The van der Waals surface area contributed by atoms with E-state index >= 15 is 0 Å². The minimum Gasteiger partial charge on any atom is -0.468 e. The number of imidazole rings is 1. The number of aromatic nitrogens is 2. The zero-order chi connectivity index (χ0) is 21.3. The average Bonchev–Trinajstić information content (AvgIpc) is 3.46. The van der Waals surface area contributed by atoms with Gasteiger partial charge in [-0.25, -0.2) is 4.98 Å². The molecule has 3 aromatic rings. The van der Waals surface area contributed by atoms with Gasteiger partial charge in [0.05, 0.1) is 30.7 Å². The molecule has 0 aliphatic carbocycles. The summed E-state index contributed by atoms with van der Waals surface area (Å²) < 4.78 is 5.70. The maximum Gasteiger partial charge on any atom is 0.193 e. The van der Waals surface area contributed by atoms with Gasteiger partial charge in [-0.2, -0.15) is 0 Å². The largest absolute Gasteiger partial charge is 0.468 e. The lowest BCUT2D eigenvalue weighted by atomic mass is 10.2. The molecule has 1 unspecified atom stereocenters. The first-order valence-corrected chi connectivity index (χ1v) is 10.4. The number of aromatic amines is 1. The Hall–Kier alpha value is -2.33. The number of nitrogens with zero attached hydrogens (tertiary/aromatic N) is 4. The smallest absolute Gasteiger partial charge is 0.193 e. The number of hydrogen-bond acceptors (Lipinski definition) is 4. The van der Waals surface area contributed by atoms with Crippen LogP contribution in [0.4, 0.5) is 0 Å². The number of aliphatic imine (C=N–C) groups is 1. The van der Waals surface area contributed by atoms with Crippen LogP contribution in [-0.2, 0) is 6.54 Å². The summed E-state index contributed by atoms with van der Waals surface area (Å²) in [5, 5.41) is 3.50. The van der Waals surface area contributed by atoms with Gasteiger partial charge in [0, 0.05) is 20.6 Å². The van der Waals surface area contributed by atoms with E-state index in [1.807, 2.05) is 43.6 Å². The Morgan fingerprint density at radius 3 is 2.52 bits per heavy atom. The molecule has 168 valence electrons. The summed E-state index contributed by atoms with van der Waals surface area (Å²) in [4.78, 5) is 16.8. The summed E-state index contributed by atoms with van der Waals surface area (Å²) >= 11 is 0. The zero-order valence-electron chi connectivity index (χ0n) is 18.7. The third-order valence-corrected chi connectivity index (χ3v) is 5.25. The second-order valence-electron chi connectivity index (χ2n) is 7.15. The molecular formula is C23H33IN6O. The van der Waals surface area contributed by atoms with E-state index in [-0.39, 0.29) is 30.0 Å². The van der Waals surface area contributed by atoms with Gasteiger partial charge >= 0.3 is 0 Å². The number of guanidine groups is 1. The number of nitrogens with one attached hydrogen (secondary N) is 2. The molecule has 1 aromatic carbocycles. The minimum atomic E-state index is 0. The second kappa shape index (κ2) is 12.5. The standard InChI is InChI=1S/C23H32N6O.HI/c1-5-29(6-2)20(21-13-10-14-30-21)16-26-23(24-3)28(4)17-22-25-15-19(27-22)18-11-8-7-9-12-18;/h7-15,20H,5-6,16-17H2,1-4H3,(H,24,26)(H,25,27);1H. The molecule has 8 heteroatoms. The van der Waals surface area contributed by atoms with Crippen molar-refractivity contribution in [1.82, 2.24) is 25.1 Å². The van der Waals surface area contributed by atoms with Gasteiger partial charge in [-0.3, -0.25) is 9.89 Å². The van der Waals surface area contributed by atoms with Crippen molar-refractivity contribution in [3.05, 3.63) is 66.5 Å². The van der Waals surface area contributed by atoms with E-state index in [0.717, 1.165) is 41.9 Å². The number of hydrogen-bond donors (Lipinski definition) is 2. The molecule has 0 saturated heterocycles. The predicted octanol–water partition coefficient (Wildman–Crippen LogP) is 4.38. The molecule has 2 N–H and O–H groups in total. The van der Waals surface area contributed by atoms with E-state index in [0.29, 0.717) is 13.1 Å². The van der Waals surface area contributed by atoms with Crippen molar-refractivity contribution in [3.63, 3.8) is 0 Å².